The second-order valence-electron chi connectivity index (χ2n) is 7.67. The second-order valence-corrected chi connectivity index (χ2v) is 9.29. The van der Waals surface area contributed by atoms with Crippen molar-refractivity contribution < 1.29 is 9.59 Å². The summed E-state index contributed by atoms with van der Waals surface area (Å²) in [6, 6.07) is 10.5. The summed E-state index contributed by atoms with van der Waals surface area (Å²) in [5, 5.41) is 2.00. The molecule has 0 saturated carbocycles. The van der Waals surface area contributed by atoms with E-state index in [1.165, 1.54) is 0 Å². The summed E-state index contributed by atoms with van der Waals surface area (Å²) in [5.41, 5.74) is 4.06. The van der Waals surface area contributed by atoms with Gasteiger partial charge in [0.1, 0.15) is 10.1 Å². The minimum Gasteiger partial charge on any atom is -0.358 e. The highest BCUT2D eigenvalue weighted by atomic mass is 35.5. The molecule has 1 aliphatic carbocycles. The van der Waals surface area contributed by atoms with Crippen molar-refractivity contribution in [2.45, 2.75) is 13.8 Å². The van der Waals surface area contributed by atoms with Crippen molar-refractivity contribution in [3.05, 3.63) is 79.0 Å². The fourth-order valence-electron chi connectivity index (χ4n) is 4.33. The van der Waals surface area contributed by atoms with Crippen LogP contribution in [0.4, 0.5) is 0 Å². The Morgan fingerprint density at radius 3 is 1.38 bits per heavy atom. The van der Waals surface area contributed by atoms with Crippen LogP contribution >= 0.6 is 46.4 Å². The molecule has 2 N–H and O–H groups in total. The van der Waals surface area contributed by atoms with Gasteiger partial charge in [0.2, 0.25) is 11.6 Å². The predicted molar refractivity (Wildman–Crippen MR) is 132 cm³/mol. The quantitative estimate of drug-likeness (QED) is 0.281. The van der Waals surface area contributed by atoms with Crippen LogP contribution in [0.25, 0.3) is 33.0 Å². The van der Waals surface area contributed by atoms with Crippen molar-refractivity contribution in [2.75, 3.05) is 0 Å². The maximum atomic E-state index is 13.5. The molecule has 1 aliphatic rings. The summed E-state index contributed by atoms with van der Waals surface area (Å²) in [4.78, 5) is 33.4. The van der Waals surface area contributed by atoms with E-state index in [1.54, 1.807) is 50.2 Å². The van der Waals surface area contributed by atoms with Crippen LogP contribution in [-0.4, -0.2) is 21.5 Å². The van der Waals surface area contributed by atoms with Gasteiger partial charge in [0.15, 0.2) is 0 Å². The van der Waals surface area contributed by atoms with Crippen molar-refractivity contribution in [3.8, 4) is 0 Å². The van der Waals surface area contributed by atoms with Gasteiger partial charge in [-0.3, -0.25) is 9.59 Å². The van der Waals surface area contributed by atoms with Gasteiger partial charge in [0.25, 0.3) is 0 Å². The van der Waals surface area contributed by atoms with Crippen LogP contribution in [0.5, 0.6) is 0 Å². The Morgan fingerprint density at radius 1 is 0.625 bits per heavy atom. The average molecular weight is 504 g/mol. The molecule has 0 spiro atoms. The van der Waals surface area contributed by atoms with E-state index in [0.717, 1.165) is 11.0 Å². The minimum absolute atomic E-state index is 0.0620. The Kier molecular flexibility index (Phi) is 5.02. The first-order valence-electron chi connectivity index (χ1n) is 9.64. The van der Waals surface area contributed by atoms with E-state index in [0.29, 0.717) is 43.3 Å². The Morgan fingerprint density at radius 2 is 1.00 bits per heavy atom. The van der Waals surface area contributed by atoms with Crippen LogP contribution in [-0.2, 0) is 9.59 Å². The van der Waals surface area contributed by atoms with E-state index >= 15 is 0 Å². The number of fused-ring (bicyclic) bond motifs is 2. The number of H-pyrrole nitrogens is 2. The molecule has 32 heavy (non-hydrogen) atoms. The third-order valence-corrected chi connectivity index (χ3v) is 6.88. The molecule has 0 atom stereocenters. The molecule has 8 heteroatoms. The van der Waals surface area contributed by atoms with Crippen LogP contribution in [0.2, 0.25) is 10.0 Å². The summed E-state index contributed by atoms with van der Waals surface area (Å²) in [6.45, 7) is 3.61. The molecule has 0 amide bonds. The standard InChI is InChI=1S/C24H14Cl4N2O2/c1-9-17(13-7-11(25)3-5-15(13)29-9)19-21(27)24(32)20(22(28)23(19)31)18-10(2)30-16-6-4-12(26)8-14(16)18/h3-8,29-30H,1-2H3. The highest BCUT2D eigenvalue weighted by molar-refractivity contribution is 6.69. The molecule has 0 aliphatic heterocycles. The number of carbonyl (C=O) groups is 2. The third-order valence-electron chi connectivity index (χ3n) is 5.69. The molecule has 2 aromatic carbocycles. The van der Waals surface area contributed by atoms with Crippen LogP contribution in [0.15, 0.2) is 46.5 Å². The number of allylic oxidation sites excluding steroid dienone is 4. The molecule has 4 nitrogen and oxygen atoms in total. The summed E-state index contributed by atoms with van der Waals surface area (Å²) in [5.74, 6) is -1.04. The lowest BCUT2D eigenvalue weighted by Gasteiger charge is -2.19. The van der Waals surface area contributed by atoms with Crippen LogP contribution in [0.3, 0.4) is 0 Å². The lowest BCUT2D eigenvalue weighted by atomic mass is 9.86. The number of nitrogens with one attached hydrogen (secondary N) is 2. The Balaban J connectivity index is 1.76. The minimum atomic E-state index is -0.522. The summed E-state index contributed by atoms with van der Waals surface area (Å²) >= 11 is 25.5. The lowest BCUT2D eigenvalue weighted by molar-refractivity contribution is -0.113. The molecule has 0 fully saturated rings. The van der Waals surface area contributed by atoms with Gasteiger partial charge in [-0.05, 0) is 50.2 Å². The molecular formula is C24H14Cl4N2O2. The molecule has 0 radical (unpaired) electrons. The normalized spacial score (nSPS) is 15.1. The number of hydrogen-bond donors (Lipinski definition) is 2. The van der Waals surface area contributed by atoms with Gasteiger partial charge in [-0.1, -0.05) is 46.4 Å². The Hall–Kier alpha value is -2.50. The zero-order chi connectivity index (χ0) is 22.9. The maximum Gasteiger partial charge on any atom is 0.207 e. The monoisotopic (exact) mass is 502 g/mol. The Bertz CT molecular complexity index is 1450. The number of aromatic nitrogens is 2. The molecule has 2 aromatic heterocycles. The number of benzene rings is 2. The van der Waals surface area contributed by atoms with Gasteiger partial charge in [-0.2, -0.15) is 0 Å². The van der Waals surface area contributed by atoms with E-state index in [2.05, 4.69) is 9.97 Å². The van der Waals surface area contributed by atoms with Gasteiger partial charge < -0.3 is 9.97 Å². The summed E-state index contributed by atoms with van der Waals surface area (Å²) in [6.07, 6.45) is 0. The second kappa shape index (κ2) is 7.53. The highest BCUT2D eigenvalue weighted by Gasteiger charge is 2.37. The molecule has 4 aromatic rings. The average Bonchev–Trinajstić information content (AvgIpc) is 3.23. The molecule has 160 valence electrons. The first-order chi connectivity index (χ1) is 15.2. The van der Waals surface area contributed by atoms with E-state index in [9.17, 15) is 9.59 Å². The van der Waals surface area contributed by atoms with E-state index in [4.69, 9.17) is 46.4 Å². The van der Waals surface area contributed by atoms with Crippen molar-refractivity contribution in [3.63, 3.8) is 0 Å². The fourth-order valence-corrected chi connectivity index (χ4v) is 5.23. The van der Waals surface area contributed by atoms with Gasteiger partial charge >= 0.3 is 0 Å². The topological polar surface area (TPSA) is 65.7 Å². The Labute approximate surface area is 202 Å². The largest absolute Gasteiger partial charge is 0.358 e. The first-order valence-corrected chi connectivity index (χ1v) is 11.2. The predicted octanol–water partition coefficient (Wildman–Crippen LogP) is 7.32. The smallest absolute Gasteiger partial charge is 0.207 e. The van der Waals surface area contributed by atoms with Crippen molar-refractivity contribution in [1.82, 2.24) is 9.97 Å². The summed E-state index contributed by atoms with van der Waals surface area (Å²) < 4.78 is 0. The number of carbonyl (C=O) groups excluding carboxylic acids is 2. The van der Waals surface area contributed by atoms with Crippen molar-refractivity contribution in [1.29, 1.82) is 0 Å². The number of aryl methyl sites for hydroxylation is 2. The lowest BCUT2D eigenvalue weighted by Crippen LogP contribution is -2.19. The van der Waals surface area contributed by atoms with Crippen LogP contribution < -0.4 is 0 Å². The number of halogens is 4. The fraction of sp³-hybridized carbons (Fsp3) is 0.0833. The molecule has 0 saturated heterocycles. The molecule has 0 unspecified atom stereocenters. The number of ketones is 2. The first kappa shape index (κ1) is 21.4. The highest BCUT2D eigenvalue weighted by Crippen LogP contribution is 2.44. The molecule has 5 rings (SSSR count). The zero-order valence-corrected chi connectivity index (χ0v) is 19.8. The number of Topliss-reactive ketones (excluding diaryl/α,β-unsaturated/α-hetero) is 2. The maximum absolute atomic E-state index is 13.5. The number of hydrogen-bond acceptors (Lipinski definition) is 2. The molecule has 0 bridgehead atoms. The van der Waals surface area contributed by atoms with Gasteiger partial charge in [0, 0.05) is 54.4 Å². The van der Waals surface area contributed by atoms with E-state index < -0.39 is 11.6 Å². The van der Waals surface area contributed by atoms with Crippen LogP contribution in [0, 0.1) is 13.8 Å². The molecular weight excluding hydrogens is 490 g/mol. The van der Waals surface area contributed by atoms with Crippen LogP contribution in [0.1, 0.15) is 22.5 Å². The SMILES string of the molecule is Cc1[nH]c2ccc(Cl)cc2c1C1=C(Cl)C(=O)C(c2c(C)[nH]c3ccc(Cl)cc23)=C(Cl)C1=O. The zero-order valence-electron chi connectivity index (χ0n) is 16.8. The van der Waals surface area contributed by atoms with E-state index in [1.807, 2.05) is 0 Å². The van der Waals surface area contributed by atoms with Gasteiger partial charge in [-0.15, -0.1) is 0 Å². The number of aromatic amines is 2. The summed E-state index contributed by atoms with van der Waals surface area (Å²) in [7, 11) is 0. The van der Waals surface area contributed by atoms with E-state index in [-0.39, 0.29) is 21.2 Å². The van der Waals surface area contributed by atoms with Gasteiger partial charge in [0.05, 0.1) is 11.1 Å². The van der Waals surface area contributed by atoms with Crippen molar-refractivity contribution >= 4 is 90.9 Å². The molecule has 2 heterocycles. The van der Waals surface area contributed by atoms with Gasteiger partial charge in [-0.25, -0.2) is 0 Å². The number of rotatable bonds is 2. The third kappa shape index (κ3) is 3.06. The van der Waals surface area contributed by atoms with Crippen molar-refractivity contribution in [2.24, 2.45) is 0 Å².